The standard InChI is InChI=1S/C41H51N5O7Si/c1-9-50-34(47)23-32-33(52-39(36(32)53-54(7,8)40(2,3)4)46-26-45-35-37(42)43-25-44-38(35)46)24-51-41(27-13-11-10-12-14-27,28-15-19-30(48-5)20-16-28)29-17-21-31(49-6)22-18-29/h10-22,25-26,32-33,36,39H,9,23-24H2,1-8H3,(H2,42,43,44)/t32-,33-,36-,39-/m1/s1. The van der Waals surface area contributed by atoms with E-state index in [1.54, 1.807) is 27.5 Å². The lowest BCUT2D eigenvalue weighted by atomic mass is 9.80. The minimum atomic E-state index is -2.47. The quantitative estimate of drug-likeness (QED) is 0.0694. The van der Waals surface area contributed by atoms with Crippen molar-refractivity contribution in [3.05, 3.63) is 108 Å². The third-order valence-corrected chi connectivity index (χ3v) is 15.2. The number of fused-ring (bicyclic) bond motifs is 1. The van der Waals surface area contributed by atoms with Crippen molar-refractivity contribution in [2.45, 2.75) is 76.3 Å². The lowest BCUT2D eigenvalue weighted by Gasteiger charge is -2.41. The van der Waals surface area contributed by atoms with Crippen molar-refractivity contribution >= 4 is 31.3 Å². The first kappa shape index (κ1) is 38.9. The van der Waals surface area contributed by atoms with Gasteiger partial charge in [0.05, 0.1) is 52.4 Å². The zero-order valence-corrected chi connectivity index (χ0v) is 33.3. The van der Waals surface area contributed by atoms with Crippen molar-refractivity contribution < 1.29 is 32.9 Å². The van der Waals surface area contributed by atoms with Crippen molar-refractivity contribution in [1.29, 1.82) is 0 Å². The summed E-state index contributed by atoms with van der Waals surface area (Å²) in [6.07, 6.45) is 1.15. The Bertz CT molecular complexity index is 1970. The highest BCUT2D eigenvalue weighted by atomic mass is 28.4. The summed E-state index contributed by atoms with van der Waals surface area (Å²) in [5, 5.41) is -0.143. The highest BCUT2D eigenvalue weighted by Gasteiger charge is 2.53. The molecule has 54 heavy (non-hydrogen) atoms. The highest BCUT2D eigenvalue weighted by Crippen LogP contribution is 2.47. The summed E-state index contributed by atoms with van der Waals surface area (Å²) in [5.74, 6) is 0.875. The van der Waals surface area contributed by atoms with Gasteiger partial charge in [-0.2, -0.15) is 0 Å². The second kappa shape index (κ2) is 15.9. The molecule has 5 aromatic rings. The molecule has 0 aliphatic carbocycles. The SMILES string of the molecule is CCOC(=O)C[C@H]1[C@@H](O[Si](C)(C)C(C)(C)C)[C@H](n2cnc3c(N)ncnc32)O[C@@H]1COC(c1ccccc1)(c1ccc(OC)cc1)c1ccc(OC)cc1. The van der Waals surface area contributed by atoms with Gasteiger partial charge >= 0.3 is 5.97 Å². The molecule has 286 valence electrons. The van der Waals surface area contributed by atoms with Crippen LogP contribution < -0.4 is 15.2 Å². The van der Waals surface area contributed by atoms with Gasteiger partial charge in [-0.05, 0) is 66.0 Å². The number of ether oxygens (including phenoxy) is 5. The van der Waals surface area contributed by atoms with Crippen molar-refractivity contribution in [1.82, 2.24) is 19.5 Å². The predicted molar refractivity (Wildman–Crippen MR) is 209 cm³/mol. The van der Waals surface area contributed by atoms with E-state index in [4.69, 9.17) is 33.8 Å². The van der Waals surface area contributed by atoms with Crippen molar-refractivity contribution in [2.24, 2.45) is 5.92 Å². The van der Waals surface area contributed by atoms with E-state index < -0.39 is 38.3 Å². The number of esters is 1. The maximum atomic E-state index is 13.4. The summed E-state index contributed by atoms with van der Waals surface area (Å²) in [6, 6.07) is 25.8. The average Bonchev–Trinajstić information content (AvgIpc) is 3.74. The van der Waals surface area contributed by atoms with Gasteiger partial charge in [0.25, 0.3) is 0 Å². The van der Waals surface area contributed by atoms with Crippen molar-refractivity contribution in [3.8, 4) is 11.5 Å². The zero-order chi connectivity index (χ0) is 38.7. The van der Waals surface area contributed by atoms with Crippen LogP contribution in [0, 0.1) is 5.92 Å². The third-order valence-electron chi connectivity index (χ3n) is 10.7. The molecule has 3 heterocycles. The number of anilines is 1. The number of aromatic nitrogens is 4. The summed E-state index contributed by atoms with van der Waals surface area (Å²) >= 11 is 0. The molecule has 3 aromatic carbocycles. The summed E-state index contributed by atoms with van der Waals surface area (Å²) in [6.45, 7) is 13.1. The Labute approximate surface area is 318 Å². The van der Waals surface area contributed by atoms with Crippen LogP contribution in [0.2, 0.25) is 18.1 Å². The number of methoxy groups -OCH3 is 2. The number of imidazole rings is 1. The summed E-state index contributed by atoms with van der Waals surface area (Å²) in [4.78, 5) is 26.7. The number of hydrogen-bond acceptors (Lipinski definition) is 11. The van der Waals surface area contributed by atoms with Gasteiger partial charge in [0.2, 0.25) is 0 Å². The van der Waals surface area contributed by atoms with E-state index in [2.05, 4.69) is 48.8 Å². The first-order valence-electron chi connectivity index (χ1n) is 18.2. The molecule has 0 bridgehead atoms. The molecule has 0 saturated carbocycles. The number of hydrogen-bond donors (Lipinski definition) is 1. The number of rotatable bonds is 14. The predicted octanol–water partition coefficient (Wildman–Crippen LogP) is 7.29. The van der Waals surface area contributed by atoms with E-state index >= 15 is 0 Å². The van der Waals surface area contributed by atoms with Crippen LogP contribution in [-0.2, 0) is 29.0 Å². The number of carbonyl (C=O) groups excluding carboxylic acids is 1. The Hall–Kier alpha value is -4.82. The van der Waals surface area contributed by atoms with E-state index in [0.717, 1.165) is 28.2 Å². The monoisotopic (exact) mass is 753 g/mol. The maximum Gasteiger partial charge on any atom is 0.306 e. The molecule has 12 nitrogen and oxygen atoms in total. The maximum absolute atomic E-state index is 13.4. The number of nitrogens with zero attached hydrogens (tertiary/aromatic N) is 4. The Balaban J connectivity index is 1.50. The molecular weight excluding hydrogens is 703 g/mol. The molecular formula is C41H51N5O7Si. The summed E-state index contributed by atoms with van der Waals surface area (Å²) < 4.78 is 40.1. The van der Waals surface area contributed by atoms with Gasteiger partial charge in [0, 0.05) is 5.92 Å². The van der Waals surface area contributed by atoms with Crippen LogP contribution in [0.1, 0.15) is 57.0 Å². The van der Waals surface area contributed by atoms with E-state index in [0.29, 0.717) is 11.2 Å². The van der Waals surface area contributed by atoms with Gasteiger partial charge in [-0.3, -0.25) is 9.36 Å². The highest BCUT2D eigenvalue weighted by molar-refractivity contribution is 6.74. The first-order valence-corrected chi connectivity index (χ1v) is 21.1. The normalized spacial score (nSPS) is 19.2. The van der Waals surface area contributed by atoms with Crippen LogP contribution in [0.4, 0.5) is 5.82 Å². The van der Waals surface area contributed by atoms with E-state index in [9.17, 15) is 4.79 Å². The first-order chi connectivity index (χ1) is 25.8. The average molecular weight is 754 g/mol. The Kier molecular flexibility index (Phi) is 11.4. The van der Waals surface area contributed by atoms with Gasteiger partial charge in [-0.1, -0.05) is 75.4 Å². The van der Waals surface area contributed by atoms with Crippen molar-refractivity contribution in [3.63, 3.8) is 0 Å². The minimum absolute atomic E-state index is 0.0464. The third kappa shape index (κ3) is 7.58. The largest absolute Gasteiger partial charge is 0.497 e. The second-order valence-electron chi connectivity index (χ2n) is 15.0. The Morgan fingerprint density at radius 2 is 1.46 bits per heavy atom. The van der Waals surface area contributed by atoms with Gasteiger partial charge < -0.3 is 33.8 Å². The molecule has 13 heteroatoms. The van der Waals surface area contributed by atoms with Crippen LogP contribution in [0.3, 0.4) is 0 Å². The van der Waals surface area contributed by atoms with Crippen LogP contribution in [0.25, 0.3) is 11.2 Å². The van der Waals surface area contributed by atoms with E-state index in [1.165, 1.54) is 6.33 Å². The molecule has 0 spiro atoms. The molecule has 0 amide bonds. The lowest BCUT2D eigenvalue weighted by Crippen LogP contribution is -2.47. The zero-order valence-electron chi connectivity index (χ0n) is 32.3. The summed E-state index contributed by atoms with van der Waals surface area (Å²) in [5.41, 5.74) is 8.71. The number of nitrogens with two attached hydrogens (primary N) is 1. The Morgan fingerprint density at radius 3 is 2.02 bits per heavy atom. The molecule has 4 atom stereocenters. The second-order valence-corrected chi connectivity index (χ2v) is 19.7. The fourth-order valence-electron chi connectivity index (χ4n) is 6.83. The minimum Gasteiger partial charge on any atom is -0.497 e. The van der Waals surface area contributed by atoms with Gasteiger partial charge in [0.1, 0.15) is 28.9 Å². The molecule has 1 fully saturated rings. The Morgan fingerprint density at radius 1 is 0.870 bits per heavy atom. The number of carbonyl (C=O) groups is 1. The van der Waals surface area contributed by atoms with E-state index in [-0.39, 0.29) is 36.5 Å². The molecule has 0 unspecified atom stereocenters. The fraction of sp³-hybridized carbons (Fsp3) is 0.415. The van der Waals surface area contributed by atoms with Crippen LogP contribution in [-0.4, -0.2) is 73.4 Å². The van der Waals surface area contributed by atoms with Crippen LogP contribution in [0.5, 0.6) is 11.5 Å². The molecule has 1 aliphatic rings. The van der Waals surface area contributed by atoms with Crippen LogP contribution >= 0.6 is 0 Å². The molecule has 2 aromatic heterocycles. The molecule has 0 radical (unpaired) electrons. The fourth-order valence-corrected chi connectivity index (χ4v) is 8.15. The molecule has 1 aliphatic heterocycles. The smallest absolute Gasteiger partial charge is 0.306 e. The molecule has 2 N–H and O–H groups in total. The number of nitrogen functional groups attached to an aromatic ring is 1. The van der Waals surface area contributed by atoms with Crippen LogP contribution in [0.15, 0.2) is 91.5 Å². The molecule has 1 saturated heterocycles. The topological polar surface area (TPSA) is 142 Å². The van der Waals surface area contributed by atoms with Gasteiger partial charge in [0.15, 0.2) is 26.0 Å². The number of benzene rings is 3. The molecule has 6 rings (SSSR count). The summed E-state index contributed by atoms with van der Waals surface area (Å²) in [7, 11) is 0.817. The van der Waals surface area contributed by atoms with Gasteiger partial charge in [-0.15, -0.1) is 0 Å². The van der Waals surface area contributed by atoms with Crippen molar-refractivity contribution in [2.75, 3.05) is 33.2 Å². The van der Waals surface area contributed by atoms with Gasteiger partial charge in [-0.25, -0.2) is 15.0 Å². The van der Waals surface area contributed by atoms with E-state index in [1.807, 2.05) is 83.4 Å². The lowest BCUT2D eigenvalue weighted by molar-refractivity contribution is -0.146.